The van der Waals surface area contributed by atoms with Crippen LogP contribution in [0.15, 0.2) is 42.7 Å². The average Bonchev–Trinajstić information content (AvgIpc) is 2.80. The first kappa shape index (κ1) is 14.4. The van der Waals surface area contributed by atoms with Crippen molar-refractivity contribution in [3.8, 4) is 11.5 Å². The number of hydrogen-bond acceptors (Lipinski definition) is 4. The van der Waals surface area contributed by atoms with Gasteiger partial charge in [-0.05, 0) is 42.8 Å². The molecule has 0 unspecified atom stereocenters. The number of carbonyl (C=O) groups excluding carboxylic acids is 1. The molecule has 1 aliphatic heterocycles. The van der Waals surface area contributed by atoms with Crippen LogP contribution in [0, 0.1) is 0 Å². The second kappa shape index (κ2) is 6.47. The van der Waals surface area contributed by atoms with E-state index in [4.69, 9.17) is 9.47 Å². The minimum atomic E-state index is -0.139. The summed E-state index contributed by atoms with van der Waals surface area (Å²) in [5.74, 6) is 1.18. The van der Waals surface area contributed by atoms with Gasteiger partial charge in [0.05, 0.1) is 19.3 Å². The fourth-order valence-corrected chi connectivity index (χ4v) is 2.32. The summed E-state index contributed by atoms with van der Waals surface area (Å²) in [6.45, 7) is 3.18. The number of carbonyl (C=O) groups is 1. The SMILES string of the molecule is C[C@@H](NC(=O)c1ccc2c(c1)OCCCO2)c1ccncc1. The summed E-state index contributed by atoms with van der Waals surface area (Å²) < 4.78 is 11.2. The van der Waals surface area contributed by atoms with Crippen LogP contribution in [0.5, 0.6) is 11.5 Å². The number of aromatic nitrogens is 1. The lowest BCUT2D eigenvalue weighted by molar-refractivity contribution is 0.0939. The molecule has 1 amide bonds. The van der Waals surface area contributed by atoms with Crippen molar-refractivity contribution in [3.63, 3.8) is 0 Å². The van der Waals surface area contributed by atoms with Crippen LogP contribution in [0.2, 0.25) is 0 Å². The Labute approximate surface area is 129 Å². The van der Waals surface area contributed by atoms with E-state index in [1.54, 1.807) is 30.6 Å². The molecule has 5 nitrogen and oxygen atoms in total. The molecule has 0 aliphatic carbocycles. The van der Waals surface area contributed by atoms with Gasteiger partial charge in [0.25, 0.3) is 5.91 Å². The van der Waals surface area contributed by atoms with E-state index in [1.165, 1.54) is 0 Å². The first-order chi connectivity index (χ1) is 10.7. The number of ether oxygens (including phenoxy) is 2. The molecule has 0 radical (unpaired) electrons. The van der Waals surface area contributed by atoms with Crippen LogP contribution < -0.4 is 14.8 Å². The Kier molecular flexibility index (Phi) is 4.23. The zero-order chi connectivity index (χ0) is 15.4. The maximum Gasteiger partial charge on any atom is 0.251 e. The number of benzene rings is 1. The highest BCUT2D eigenvalue weighted by molar-refractivity contribution is 5.95. The molecule has 1 aromatic carbocycles. The molecule has 2 heterocycles. The summed E-state index contributed by atoms with van der Waals surface area (Å²) in [7, 11) is 0. The molecule has 1 N–H and O–H groups in total. The summed E-state index contributed by atoms with van der Waals surface area (Å²) in [4.78, 5) is 16.4. The van der Waals surface area contributed by atoms with Gasteiger partial charge in [-0.3, -0.25) is 9.78 Å². The first-order valence-electron chi connectivity index (χ1n) is 7.34. The molecule has 0 bridgehead atoms. The van der Waals surface area contributed by atoms with Gasteiger partial charge in [-0.1, -0.05) is 0 Å². The fraction of sp³-hybridized carbons (Fsp3) is 0.294. The van der Waals surface area contributed by atoms with Gasteiger partial charge in [0.15, 0.2) is 11.5 Å². The molecule has 0 saturated heterocycles. The van der Waals surface area contributed by atoms with E-state index in [1.807, 2.05) is 19.1 Å². The van der Waals surface area contributed by atoms with Crippen molar-refractivity contribution < 1.29 is 14.3 Å². The number of rotatable bonds is 3. The van der Waals surface area contributed by atoms with Crippen LogP contribution >= 0.6 is 0 Å². The number of amides is 1. The van der Waals surface area contributed by atoms with Crippen LogP contribution in [-0.4, -0.2) is 24.1 Å². The van der Waals surface area contributed by atoms with Crippen molar-refractivity contribution in [1.29, 1.82) is 0 Å². The minimum absolute atomic E-state index is 0.0912. The van der Waals surface area contributed by atoms with Crippen molar-refractivity contribution in [2.45, 2.75) is 19.4 Å². The highest BCUT2D eigenvalue weighted by Gasteiger charge is 2.16. The van der Waals surface area contributed by atoms with E-state index in [0.29, 0.717) is 30.3 Å². The summed E-state index contributed by atoms with van der Waals surface area (Å²) in [5, 5.41) is 2.97. The van der Waals surface area contributed by atoms with E-state index in [9.17, 15) is 4.79 Å². The third kappa shape index (κ3) is 3.19. The molecule has 0 saturated carbocycles. The fourth-order valence-electron chi connectivity index (χ4n) is 2.32. The molecular weight excluding hydrogens is 280 g/mol. The smallest absolute Gasteiger partial charge is 0.251 e. The van der Waals surface area contributed by atoms with E-state index in [2.05, 4.69) is 10.3 Å². The molecule has 0 fully saturated rings. The van der Waals surface area contributed by atoms with Gasteiger partial charge < -0.3 is 14.8 Å². The predicted molar refractivity (Wildman–Crippen MR) is 82.2 cm³/mol. The van der Waals surface area contributed by atoms with Crippen LogP contribution in [0.1, 0.15) is 35.3 Å². The molecule has 22 heavy (non-hydrogen) atoms. The zero-order valence-corrected chi connectivity index (χ0v) is 12.4. The Balaban J connectivity index is 1.74. The summed E-state index contributed by atoms with van der Waals surface area (Å²) >= 11 is 0. The first-order valence-corrected chi connectivity index (χ1v) is 7.34. The number of hydrogen-bond donors (Lipinski definition) is 1. The molecule has 5 heteroatoms. The van der Waals surface area contributed by atoms with Gasteiger partial charge in [-0.2, -0.15) is 0 Å². The number of pyridine rings is 1. The van der Waals surface area contributed by atoms with Gasteiger partial charge >= 0.3 is 0 Å². The normalized spacial score (nSPS) is 14.8. The van der Waals surface area contributed by atoms with Gasteiger partial charge in [-0.25, -0.2) is 0 Å². The van der Waals surface area contributed by atoms with Crippen LogP contribution in [0.3, 0.4) is 0 Å². The quantitative estimate of drug-likeness (QED) is 0.946. The Hall–Kier alpha value is -2.56. The van der Waals surface area contributed by atoms with Crippen LogP contribution in [0.25, 0.3) is 0 Å². The minimum Gasteiger partial charge on any atom is -0.490 e. The molecule has 114 valence electrons. The second-order valence-corrected chi connectivity index (χ2v) is 5.19. The largest absolute Gasteiger partial charge is 0.490 e. The monoisotopic (exact) mass is 298 g/mol. The van der Waals surface area contributed by atoms with Crippen LogP contribution in [-0.2, 0) is 0 Å². The second-order valence-electron chi connectivity index (χ2n) is 5.19. The lowest BCUT2D eigenvalue weighted by Gasteiger charge is -2.15. The molecular formula is C17H18N2O3. The van der Waals surface area contributed by atoms with Crippen molar-refractivity contribution >= 4 is 5.91 Å². The van der Waals surface area contributed by atoms with Gasteiger partial charge in [0.2, 0.25) is 0 Å². The van der Waals surface area contributed by atoms with Crippen molar-refractivity contribution in [2.75, 3.05) is 13.2 Å². The number of nitrogens with one attached hydrogen (secondary N) is 1. The molecule has 1 aliphatic rings. The highest BCUT2D eigenvalue weighted by Crippen LogP contribution is 2.30. The Bertz CT molecular complexity index is 658. The Morgan fingerprint density at radius 2 is 1.86 bits per heavy atom. The number of fused-ring (bicyclic) bond motifs is 1. The maximum atomic E-state index is 12.4. The summed E-state index contributed by atoms with van der Waals surface area (Å²) in [6, 6.07) is 8.95. The van der Waals surface area contributed by atoms with Gasteiger partial charge in [0, 0.05) is 24.4 Å². The zero-order valence-electron chi connectivity index (χ0n) is 12.4. The molecule has 3 rings (SSSR count). The third-order valence-corrected chi connectivity index (χ3v) is 3.56. The molecule has 0 spiro atoms. The molecule has 1 aromatic heterocycles. The summed E-state index contributed by atoms with van der Waals surface area (Å²) in [5.41, 5.74) is 1.57. The van der Waals surface area contributed by atoms with Crippen LogP contribution in [0.4, 0.5) is 0 Å². The van der Waals surface area contributed by atoms with E-state index >= 15 is 0 Å². The Morgan fingerprint density at radius 3 is 2.64 bits per heavy atom. The number of nitrogens with zero attached hydrogens (tertiary/aromatic N) is 1. The molecule has 2 aromatic rings. The lowest BCUT2D eigenvalue weighted by atomic mass is 10.1. The Morgan fingerprint density at radius 1 is 1.14 bits per heavy atom. The van der Waals surface area contributed by atoms with Crippen molar-refractivity contribution in [2.24, 2.45) is 0 Å². The average molecular weight is 298 g/mol. The van der Waals surface area contributed by atoms with Gasteiger partial charge in [-0.15, -0.1) is 0 Å². The highest BCUT2D eigenvalue weighted by atomic mass is 16.5. The maximum absolute atomic E-state index is 12.4. The summed E-state index contributed by atoms with van der Waals surface area (Å²) in [6.07, 6.45) is 4.27. The van der Waals surface area contributed by atoms with E-state index in [0.717, 1.165) is 12.0 Å². The van der Waals surface area contributed by atoms with E-state index < -0.39 is 0 Å². The predicted octanol–water partition coefficient (Wildman–Crippen LogP) is 2.73. The van der Waals surface area contributed by atoms with Crippen molar-refractivity contribution in [3.05, 3.63) is 53.9 Å². The lowest BCUT2D eigenvalue weighted by Crippen LogP contribution is -2.26. The molecule has 1 atom stereocenters. The van der Waals surface area contributed by atoms with E-state index in [-0.39, 0.29) is 11.9 Å². The third-order valence-electron chi connectivity index (χ3n) is 3.56. The topological polar surface area (TPSA) is 60.5 Å². The van der Waals surface area contributed by atoms with Gasteiger partial charge in [0.1, 0.15) is 0 Å². The van der Waals surface area contributed by atoms with Crippen molar-refractivity contribution in [1.82, 2.24) is 10.3 Å². The standard InChI is InChI=1S/C17H18N2O3/c1-12(13-5-7-18-8-6-13)19-17(20)14-3-4-15-16(11-14)22-10-2-9-21-15/h3-8,11-12H,2,9-10H2,1H3,(H,19,20)/t12-/m1/s1.